The lowest BCUT2D eigenvalue weighted by molar-refractivity contribution is 0.235. The zero-order valence-electron chi connectivity index (χ0n) is 14.1. The molecule has 0 fully saturated rings. The van der Waals surface area contributed by atoms with Crippen molar-refractivity contribution in [3.63, 3.8) is 0 Å². The molecule has 0 aromatic heterocycles. The Morgan fingerprint density at radius 3 is 2.88 bits per heavy atom. The molecule has 24 heavy (non-hydrogen) atoms. The van der Waals surface area contributed by atoms with Crippen molar-refractivity contribution in [3.05, 3.63) is 59.7 Å². The number of hydrogen-bond acceptors (Lipinski definition) is 3. The summed E-state index contributed by atoms with van der Waals surface area (Å²) < 4.78 is 11.2. The van der Waals surface area contributed by atoms with E-state index in [9.17, 15) is 0 Å². The van der Waals surface area contributed by atoms with Gasteiger partial charge in [-0.25, -0.2) is 0 Å². The predicted molar refractivity (Wildman–Crippen MR) is 95.8 cm³/mol. The molecule has 3 rings (SSSR count). The Morgan fingerprint density at radius 1 is 1.21 bits per heavy atom. The van der Waals surface area contributed by atoms with Crippen LogP contribution in [0.5, 0.6) is 11.5 Å². The third-order valence-corrected chi connectivity index (χ3v) is 4.03. The van der Waals surface area contributed by atoms with Crippen LogP contribution in [-0.2, 0) is 13.0 Å². The van der Waals surface area contributed by atoms with Crippen LogP contribution in [-0.4, -0.2) is 32.8 Å². The fourth-order valence-corrected chi connectivity index (χ4v) is 2.77. The zero-order valence-corrected chi connectivity index (χ0v) is 14.1. The van der Waals surface area contributed by atoms with Crippen molar-refractivity contribution in [3.8, 4) is 11.5 Å². The number of hydrogen-bond donors (Lipinski definition) is 2. The molecule has 0 amide bonds. The third-order valence-electron chi connectivity index (χ3n) is 4.03. The quantitative estimate of drug-likeness (QED) is 0.654. The molecule has 5 nitrogen and oxygen atoms in total. The Kier molecular flexibility index (Phi) is 5.21. The maximum atomic E-state index is 5.93. The van der Waals surface area contributed by atoms with Crippen LogP contribution >= 0.6 is 0 Å². The molecule has 0 aliphatic carbocycles. The van der Waals surface area contributed by atoms with Crippen LogP contribution < -0.4 is 20.1 Å². The number of rotatable bonds is 5. The molecule has 126 valence electrons. The maximum absolute atomic E-state index is 5.93. The van der Waals surface area contributed by atoms with Gasteiger partial charge in [-0.1, -0.05) is 30.3 Å². The van der Waals surface area contributed by atoms with Gasteiger partial charge in [-0.15, -0.1) is 0 Å². The lowest BCUT2D eigenvalue weighted by Gasteiger charge is -2.15. The normalized spacial score (nSPS) is 16.2. The van der Waals surface area contributed by atoms with E-state index in [-0.39, 0.29) is 6.10 Å². The molecule has 1 unspecified atom stereocenters. The molecular weight excluding hydrogens is 302 g/mol. The summed E-state index contributed by atoms with van der Waals surface area (Å²) in [7, 11) is 3.44. The molecule has 0 radical (unpaired) electrons. The van der Waals surface area contributed by atoms with Crippen LogP contribution in [0.3, 0.4) is 0 Å². The molecular formula is C19H23N3O2. The molecule has 1 atom stereocenters. The molecule has 1 aliphatic rings. The highest BCUT2D eigenvalue weighted by atomic mass is 16.5. The van der Waals surface area contributed by atoms with E-state index in [0.29, 0.717) is 13.1 Å². The summed E-state index contributed by atoms with van der Waals surface area (Å²) in [5, 5.41) is 6.64. The maximum Gasteiger partial charge on any atom is 0.191 e. The zero-order chi connectivity index (χ0) is 16.8. The Morgan fingerprint density at radius 2 is 2.08 bits per heavy atom. The fourth-order valence-electron chi connectivity index (χ4n) is 2.77. The van der Waals surface area contributed by atoms with E-state index in [1.807, 2.05) is 36.4 Å². The summed E-state index contributed by atoms with van der Waals surface area (Å²) in [6, 6.07) is 16.2. The van der Waals surface area contributed by atoms with Gasteiger partial charge in [0.25, 0.3) is 0 Å². The van der Waals surface area contributed by atoms with Gasteiger partial charge in [-0.05, 0) is 29.3 Å². The molecule has 2 N–H and O–H groups in total. The second-order valence-corrected chi connectivity index (χ2v) is 5.71. The van der Waals surface area contributed by atoms with Gasteiger partial charge >= 0.3 is 0 Å². The molecule has 1 aliphatic heterocycles. The van der Waals surface area contributed by atoms with E-state index >= 15 is 0 Å². The van der Waals surface area contributed by atoms with E-state index in [2.05, 4.69) is 27.8 Å². The van der Waals surface area contributed by atoms with E-state index in [0.717, 1.165) is 29.4 Å². The van der Waals surface area contributed by atoms with Crippen molar-refractivity contribution < 1.29 is 9.47 Å². The van der Waals surface area contributed by atoms with Crippen molar-refractivity contribution in [2.45, 2.75) is 19.1 Å². The topological polar surface area (TPSA) is 54.9 Å². The molecule has 0 saturated heterocycles. The Balaban J connectivity index is 1.47. The Bertz CT molecular complexity index is 690. The first-order chi connectivity index (χ1) is 11.8. The molecule has 0 bridgehead atoms. The van der Waals surface area contributed by atoms with Crippen molar-refractivity contribution in [1.29, 1.82) is 0 Å². The summed E-state index contributed by atoms with van der Waals surface area (Å²) in [5.74, 6) is 2.61. The first-order valence-electron chi connectivity index (χ1n) is 8.10. The number of guanidine groups is 1. The van der Waals surface area contributed by atoms with Gasteiger partial charge in [-0.2, -0.15) is 0 Å². The number of para-hydroxylation sites is 1. The minimum atomic E-state index is 0.137. The first kappa shape index (κ1) is 16.2. The molecule has 0 spiro atoms. The van der Waals surface area contributed by atoms with E-state index in [4.69, 9.17) is 9.47 Å². The minimum absolute atomic E-state index is 0.137. The van der Waals surface area contributed by atoms with Gasteiger partial charge < -0.3 is 20.1 Å². The number of ether oxygens (including phenoxy) is 2. The lowest BCUT2D eigenvalue weighted by Crippen LogP contribution is -2.41. The number of benzene rings is 2. The van der Waals surface area contributed by atoms with Crippen molar-refractivity contribution in [2.75, 3.05) is 20.7 Å². The molecule has 1 heterocycles. The second kappa shape index (κ2) is 7.73. The smallest absolute Gasteiger partial charge is 0.191 e. The first-order valence-corrected chi connectivity index (χ1v) is 8.10. The van der Waals surface area contributed by atoms with E-state index in [1.165, 1.54) is 5.56 Å². The standard InChI is InChI=1S/C19H23N3O2/c1-20-19(21-12-14-6-5-8-16(10-14)23-2)22-13-17-11-15-7-3-4-9-18(15)24-17/h3-10,17H,11-13H2,1-2H3,(H2,20,21,22). The van der Waals surface area contributed by atoms with E-state index < -0.39 is 0 Å². The lowest BCUT2D eigenvalue weighted by atomic mass is 10.1. The summed E-state index contributed by atoms with van der Waals surface area (Å²) in [4.78, 5) is 4.26. The van der Waals surface area contributed by atoms with Crippen LogP contribution in [0.4, 0.5) is 0 Å². The SMILES string of the molecule is CN=C(NCc1cccc(OC)c1)NCC1Cc2ccccc2O1. The van der Waals surface area contributed by atoms with Gasteiger partial charge in [0.05, 0.1) is 13.7 Å². The Hall–Kier alpha value is -2.69. The van der Waals surface area contributed by atoms with Gasteiger partial charge in [0.1, 0.15) is 17.6 Å². The average Bonchev–Trinajstić information content (AvgIpc) is 3.05. The average molecular weight is 325 g/mol. The fraction of sp³-hybridized carbons (Fsp3) is 0.316. The summed E-state index contributed by atoms with van der Waals surface area (Å²) in [6.07, 6.45) is 1.06. The number of fused-ring (bicyclic) bond motifs is 1. The van der Waals surface area contributed by atoms with Gasteiger partial charge in [0.15, 0.2) is 5.96 Å². The number of nitrogens with one attached hydrogen (secondary N) is 2. The van der Waals surface area contributed by atoms with Crippen LogP contribution in [0.2, 0.25) is 0 Å². The minimum Gasteiger partial charge on any atom is -0.497 e. The van der Waals surface area contributed by atoms with E-state index in [1.54, 1.807) is 14.2 Å². The highest BCUT2D eigenvalue weighted by Crippen LogP contribution is 2.27. The number of methoxy groups -OCH3 is 1. The molecule has 5 heteroatoms. The van der Waals surface area contributed by atoms with Gasteiger partial charge in [0.2, 0.25) is 0 Å². The largest absolute Gasteiger partial charge is 0.497 e. The second-order valence-electron chi connectivity index (χ2n) is 5.71. The summed E-state index contributed by atoms with van der Waals surface area (Å²) >= 11 is 0. The van der Waals surface area contributed by atoms with Crippen LogP contribution in [0.1, 0.15) is 11.1 Å². The third kappa shape index (κ3) is 3.98. The monoisotopic (exact) mass is 325 g/mol. The Labute approximate surface area is 142 Å². The molecule has 2 aromatic rings. The molecule has 2 aromatic carbocycles. The molecule has 0 saturated carbocycles. The number of nitrogens with zero attached hydrogens (tertiary/aromatic N) is 1. The van der Waals surface area contributed by atoms with Gasteiger partial charge in [0, 0.05) is 20.0 Å². The van der Waals surface area contributed by atoms with Crippen molar-refractivity contribution >= 4 is 5.96 Å². The van der Waals surface area contributed by atoms with Crippen molar-refractivity contribution in [1.82, 2.24) is 10.6 Å². The highest BCUT2D eigenvalue weighted by molar-refractivity contribution is 5.79. The van der Waals surface area contributed by atoms with Gasteiger partial charge in [-0.3, -0.25) is 4.99 Å². The van der Waals surface area contributed by atoms with Crippen LogP contribution in [0.15, 0.2) is 53.5 Å². The van der Waals surface area contributed by atoms with Crippen molar-refractivity contribution in [2.24, 2.45) is 4.99 Å². The predicted octanol–water partition coefficient (Wildman–Crippen LogP) is 2.36. The summed E-state index contributed by atoms with van der Waals surface area (Å²) in [6.45, 7) is 1.40. The number of aliphatic imine (C=N–C) groups is 1. The summed E-state index contributed by atoms with van der Waals surface area (Å²) in [5.41, 5.74) is 2.41. The van der Waals surface area contributed by atoms with Crippen LogP contribution in [0.25, 0.3) is 0 Å². The van der Waals surface area contributed by atoms with Crippen LogP contribution in [0, 0.1) is 0 Å². The highest BCUT2D eigenvalue weighted by Gasteiger charge is 2.22.